The monoisotopic (exact) mass is 360 g/mol. The summed E-state index contributed by atoms with van der Waals surface area (Å²) < 4.78 is 5.78. The fourth-order valence-corrected chi connectivity index (χ4v) is 2.74. The Kier molecular flexibility index (Phi) is 6.47. The zero-order valence-corrected chi connectivity index (χ0v) is 15.5. The molecule has 0 aromatic heterocycles. The van der Waals surface area contributed by atoms with Gasteiger partial charge >= 0.3 is 0 Å². The first kappa shape index (κ1) is 18.5. The first-order valence-electron chi connectivity index (χ1n) is 9.13. The van der Waals surface area contributed by atoms with Crippen molar-refractivity contribution in [2.45, 2.75) is 13.5 Å². The normalized spacial score (nSPS) is 10.3. The molecule has 27 heavy (non-hydrogen) atoms. The maximum absolute atomic E-state index is 12.5. The Bertz CT molecular complexity index is 833. The molecule has 3 aromatic carbocycles. The molecule has 0 saturated heterocycles. The highest BCUT2D eigenvalue weighted by atomic mass is 16.5. The number of likely N-dealkylation sites (N-methyl/N-ethyl adjacent to an activating group) is 1. The molecule has 4 heteroatoms. The summed E-state index contributed by atoms with van der Waals surface area (Å²) in [5.41, 5.74) is 2.02. The van der Waals surface area contributed by atoms with E-state index in [1.54, 1.807) is 0 Å². The quantitative estimate of drug-likeness (QED) is 0.619. The second-order valence-electron chi connectivity index (χ2n) is 6.19. The van der Waals surface area contributed by atoms with Crippen LogP contribution in [0.25, 0.3) is 0 Å². The number of nitrogens with zero attached hydrogens (tertiary/aromatic N) is 1. The molecule has 0 aliphatic carbocycles. The number of hydrogen-bond acceptors (Lipinski definition) is 3. The summed E-state index contributed by atoms with van der Waals surface area (Å²) in [6.45, 7) is 3.57. The number of ether oxygens (including phenoxy) is 1. The lowest BCUT2D eigenvalue weighted by atomic mass is 10.2. The zero-order valence-electron chi connectivity index (χ0n) is 15.5. The summed E-state index contributed by atoms with van der Waals surface area (Å²) in [5, 5.41) is 3.19. The molecular weight excluding hydrogens is 336 g/mol. The van der Waals surface area contributed by atoms with Gasteiger partial charge in [0.25, 0.3) is 0 Å². The molecule has 3 aromatic rings. The van der Waals surface area contributed by atoms with Crippen molar-refractivity contribution in [3.8, 4) is 11.5 Å². The third-order valence-electron chi connectivity index (χ3n) is 4.23. The Morgan fingerprint density at radius 2 is 1.44 bits per heavy atom. The van der Waals surface area contributed by atoms with Crippen LogP contribution in [0.3, 0.4) is 0 Å². The number of para-hydroxylation sites is 1. The Balaban J connectivity index is 1.52. The van der Waals surface area contributed by atoms with Crippen LogP contribution in [0.5, 0.6) is 11.5 Å². The van der Waals surface area contributed by atoms with Crippen molar-refractivity contribution in [1.82, 2.24) is 4.90 Å². The second-order valence-corrected chi connectivity index (χ2v) is 6.19. The maximum Gasteiger partial charge on any atom is 0.242 e. The van der Waals surface area contributed by atoms with Gasteiger partial charge in [0, 0.05) is 18.8 Å². The van der Waals surface area contributed by atoms with E-state index < -0.39 is 0 Å². The lowest BCUT2D eigenvalue weighted by Crippen LogP contribution is -2.34. The van der Waals surface area contributed by atoms with Gasteiger partial charge in [0.1, 0.15) is 11.5 Å². The van der Waals surface area contributed by atoms with Gasteiger partial charge in [-0.15, -0.1) is 0 Å². The standard InChI is InChI=1S/C23H24N2O2/c1-2-25(18-19-9-5-3-6-10-19)23(26)17-24-20-13-15-22(16-14-20)27-21-11-7-4-8-12-21/h3-16,24H,2,17-18H2,1H3. The SMILES string of the molecule is CCN(Cc1ccccc1)C(=O)CNc1ccc(Oc2ccccc2)cc1. The minimum atomic E-state index is 0.0750. The molecule has 1 amide bonds. The summed E-state index contributed by atoms with van der Waals surface area (Å²) in [4.78, 5) is 14.3. The van der Waals surface area contributed by atoms with E-state index >= 15 is 0 Å². The van der Waals surface area contributed by atoms with E-state index in [4.69, 9.17) is 4.74 Å². The molecule has 3 rings (SSSR count). The smallest absolute Gasteiger partial charge is 0.242 e. The molecule has 4 nitrogen and oxygen atoms in total. The van der Waals surface area contributed by atoms with Crippen LogP contribution < -0.4 is 10.1 Å². The summed E-state index contributed by atoms with van der Waals surface area (Å²) in [7, 11) is 0. The Labute approximate surface area is 160 Å². The number of benzene rings is 3. The summed E-state index contributed by atoms with van der Waals surface area (Å²) in [5.74, 6) is 1.64. The lowest BCUT2D eigenvalue weighted by Gasteiger charge is -2.21. The summed E-state index contributed by atoms with van der Waals surface area (Å²) >= 11 is 0. The number of rotatable bonds is 8. The Morgan fingerprint density at radius 3 is 2.07 bits per heavy atom. The van der Waals surface area contributed by atoms with Crippen molar-refractivity contribution in [1.29, 1.82) is 0 Å². The van der Waals surface area contributed by atoms with Crippen LogP contribution in [0.1, 0.15) is 12.5 Å². The summed E-state index contributed by atoms with van der Waals surface area (Å²) in [6, 6.07) is 27.3. The van der Waals surface area contributed by atoms with Crippen LogP contribution in [0.4, 0.5) is 5.69 Å². The van der Waals surface area contributed by atoms with Crippen molar-refractivity contribution in [3.05, 3.63) is 90.5 Å². The largest absolute Gasteiger partial charge is 0.457 e. The van der Waals surface area contributed by atoms with Crippen LogP contribution in [-0.2, 0) is 11.3 Å². The van der Waals surface area contributed by atoms with Gasteiger partial charge in [0.15, 0.2) is 0 Å². The van der Waals surface area contributed by atoms with Crippen LogP contribution in [0, 0.1) is 0 Å². The van der Waals surface area contributed by atoms with Gasteiger partial charge in [0.05, 0.1) is 6.54 Å². The van der Waals surface area contributed by atoms with Crippen molar-refractivity contribution in [2.75, 3.05) is 18.4 Å². The first-order valence-corrected chi connectivity index (χ1v) is 9.13. The molecule has 138 valence electrons. The minimum Gasteiger partial charge on any atom is -0.457 e. The molecule has 0 saturated carbocycles. The van der Waals surface area contributed by atoms with Crippen LogP contribution in [-0.4, -0.2) is 23.9 Å². The average molecular weight is 360 g/mol. The molecule has 0 bridgehead atoms. The highest BCUT2D eigenvalue weighted by Gasteiger charge is 2.11. The maximum atomic E-state index is 12.5. The fourth-order valence-electron chi connectivity index (χ4n) is 2.74. The number of carbonyl (C=O) groups is 1. The number of nitrogens with one attached hydrogen (secondary N) is 1. The lowest BCUT2D eigenvalue weighted by molar-refractivity contribution is -0.129. The zero-order chi connectivity index (χ0) is 18.9. The molecule has 0 aliphatic heterocycles. The van der Waals surface area contributed by atoms with Gasteiger partial charge in [-0.3, -0.25) is 4.79 Å². The molecule has 0 aliphatic rings. The van der Waals surface area contributed by atoms with E-state index in [-0.39, 0.29) is 12.5 Å². The van der Waals surface area contributed by atoms with Crippen molar-refractivity contribution < 1.29 is 9.53 Å². The predicted molar refractivity (Wildman–Crippen MR) is 109 cm³/mol. The molecule has 0 heterocycles. The molecule has 0 unspecified atom stereocenters. The highest BCUT2D eigenvalue weighted by molar-refractivity contribution is 5.80. The first-order chi connectivity index (χ1) is 13.2. The van der Waals surface area contributed by atoms with E-state index in [9.17, 15) is 4.79 Å². The third-order valence-corrected chi connectivity index (χ3v) is 4.23. The van der Waals surface area contributed by atoms with Crippen LogP contribution >= 0.6 is 0 Å². The predicted octanol–water partition coefficient (Wildman–Crippen LogP) is 4.94. The molecule has 0 spiro atoms. The molecule has 0 fully saturated rings. The van der Waals surface area contributed by atoms with Gasteiger partial charge in [-0.2, -0.15) is 0 Å². The Hall–Kier alpha value is -3.27. The van der Waals surface area contributed by atoms with E-state index in [0.717, 1.165) is 22.7 Å². The molecule has 0 radical (unpaired) electrons. The van der Waals surface area contributed by atoms with Crippen LogP contribution in [0.15, 0.2) is 84.9 Å². The van der Waals surface area contributed by atoms with E-state index in [1.165, 1.54) is 0 Å². The topological polar surface area (TPSA) is 41.6 Å². The van der Waals surface area contributed by atoms with Gasteiger partial charge in [0.2, 0.25) is 5.91 Å². The summed E-state index contributed by atoms with van der Waals surface area (Å²) in [6.07, 6.45) is 0. The Morgan fingerprint density at radius 1 is 0.852 bits per heavy atom. The minimum absolute atomic E-state index is 0.0750. The van der Waals surface area contributed by atoms with Crippen molar-refractivity contribution in [3.63, 3.8) is 0 Å². The number of carbonyl (C=O) groups excluding carboxylic acids is 1. The van der Waals surface area contributed by atoms with Gasteiger partial charge in [-0.1, -0.05) is 48.5 Å². The molecular formula is C23H24N2O2. The fraction of sp³-hybridized carbons (Fsp3) is 0.174. The number of amides is 1. The van der Waals surface area contributed by atoms with E-state index in [2.05, 4.69) is 5.32 Å². The van der Waals surface area contributed by atoms with Gasteiger partial charge in [-0.05, 0) is 48.9 Å². The van der Waals surface area contributed by atoms with E-state index in [1.807, 2.05) is 96.8 Å². The molecule has 0 atom stereocenters. The van der Waals surface area contributed by atoms with Crippen LogP contribution in [0.2, 0.25) is 0 Å². The third kappa shape index (κ3) is 5.61. The number of hydrogen-bond donors (Lipinski definition) is 1. The second kappa shape index (κ2) is 9.43. The van der Waals surface area contributed by atoms with Crippen molar-refractivity contribution in [2.24, 2.45) is 0 Å². The number of anilines is 1. The average Bonchev–Trinajstić information content (AvgIpc) is 2.73. The van der Waals surface area contributed by atoms with Gasteiger partial charge < -0.3 is 15.0 Å². The molecule has 1 N–H and O–H groups in total. The van der Waals surface area contributed by atoms with E-state index in [0.29, 0.717) is 13.1 Å². The van der Waals surface area contributed by atoms with Crippen molar-refractivity contribution >= 4 is 11.6 Å². The highest BCUT2D eigenvalue weighted by Crippen LogP contribution is 2.22. The van der Waals surface area contributed by atoms with Gasteiger partial charge in [-0.25, -0.2) is 0 Å².